The highest BCUT2D eigenvalue weighted by molar-refractivity contribution is 5.45. The summed E-state index contributed by atoms with van der Waals surface area (Å²) in [7, 11) is 0. The fourth-order valence-corrected chi connectivity index (χ4v) is 7.90. The van der Waals surface area contributed by atoms with Crippen molar-refractivity contribution in [3.05, 3.63) is 108 Å². The van der Waals surface area contributed by atoms with Crippen molar-refractivity contribution in [2.45, 2.75) is 43.4 Å². The SMILES string of the molecule is Nc1ccc(Oc2ccc(C3[C@@H]4CC5C[C@H]3CC(c3ccc(Oc6ccc(N)cc6)cc3)(C5)C4)cc2)cc1. The fourth-order valence-electron chi connectivity index (χ4n) is 7.90. The quantitative estimate of drug-likeness (QED) is 0.260. The first kappa shape index (κ1) is 23.2. The van der Waals surface area contributed by atoms with E-state index in [4.69, 9.17) is 20.9 Å². The number of rotatable bonds is 6. The highest BCUT2D eigenvalue weighted by atomic mass is 16.5. The van der Waals surface area contributed by atoms with Gasteiger partial charge in [0.2, 0.25) is 0 Å². The van der Waals surface area contributed by atoms with Gasteiger partial charge in [0.15, 0.2) is 0 Å². The summed E-state index contributed by atoms with van der Waals surface area (Å²) in [5.41, 5.74) is 16.4. The van der Waals surface area contributed by atoms with Gasteiger partial charge in [0.05, 0.1) is 0 Å². The Bertz CT molecular complexity index is 1400. The molecule has 5 atom stereocenters. The molecule has 3 unspecified atom stereocenters. The second kappa shape index (κ2) is 9.13. The van der Waals surface area contributed by atoms with Gasteiger partial charge in [-0.3, -0.25) is 0 Å². The van der Waals surface area contributed by atoms with E-state index in [-0.39, 0.29) is 0 Å². The molecule has 38 heavy (non-hydrogen) atoms. The molecule has 0 heterocycles. The monoisotopic (exact) mass is 502 g/mol. The Balaban J connectivity index is 1.07. The number of nitrogen functional groups attached to an aromatic ring is 2. The van der Waals surface area contributed by atoms with Crippen molar-refractivity contribution >= 4 is 11.4 Å². The molecule has 4 fully saturated rings. The number of benzene rings is 4. The van der Waals surface area contributed by atoms with E-state index in [0.717, 1.165) is 52.1 Å². The third kappa shape index (κ3) is 4.28. The number of ether oxygens (including phenoxy) is 2. The van der Waals surface area contributed by atoms with E-state index >= 15 is 0 Å². The maximum absolute atomic E-state index is 6.06. The van der Waals surface area contributed by atoms with Crippen molar-refractivity contribution in [3.8, 4) is 23.0 Å². The Kier molecular flexibility index (Phi) is 5.57. The highest BCUT2D eigenvalue weighted by Crippen LogP contribution is 2.65. The van der Waals surface area contributed by atoms with Crippen LogP contribution in [0.15, 0.2) is 97.1 Å². The molecule has 4 bridgehead atoms. The van der Waals surface area contributed by atoms with E-state index in [1.807, 2.05) is 48.5 Å². The van der Waals surface area contributed by atoms with Crippen molar-refractivity contribution in [3.63, 3.8) is 0 Å². The molecule has 0 saturated heterocycles. The molecule has 0 aromatic heterocycles. The maximum atomic E-state index is 6.06. The van der Waals surface area contributed by atoms with Crippen LogP contribution in [0.2, 0.25) is 0 Å². The normalized spacial score (nSPS) is 27.3. The van der Waals surface area contributed by atoms with E-state index in [1.54, 1.807) is 0 Å². The molecular weight excluding hydrogens is 468 g/mol. The van der Waals surface area contributed by atoms with Crippen LogP contribution < -0.4 is 20.9 Å². The summed E-state index contributed by atoms with van der Waals surface area (Å²) >= 11 is 0. The lowest BCUT2D eigenvalue weighted by Gasteiger charge is -2.60. The molecule has 4 aromatic rings. The molecular formula is C34H34N2O2. The van der Waals surface area contributed by atoms with Crippen molar-refractivity contribution in [2.75, 3.05) is 11.5 Å². The summed E-state index contributed by atoms with van der Waals surface area (Å²) in [6, 6.07) is 32.9. The maximum Gasteiger partial charge on any atom is 0.127 e. The summed E-state index contributed by atoms with van der Waals surface area (Å²) in [6.07, 6.45) is 6.63. The molecule has 4 aliphatic carbocycles. The molecule has 4 aromatic carbocycles. The smallest absolute Gasteiger partial charge is 0.127 e. The van der Waals surface area contributed by atoms with E-state index in [0.29, 0.717) is 11.3 Å². The average molecular weight is 503 g/mol. The zero-order chi connectivity index (χ0) is 25.7. The Labute approximate surface area is 224 Å². The molecule has 4 aliphatic rings. The topological polar surface area (TPSA) is 70.5 Å². The molecule has 192 valence electrons. The van der Waals surface area contributed by atoms with E-state index in [2.05, 4.69) is 48.5 Å². The molecule has 4 nitrogen and oxygen atoms in total. The third-order valence-corrected chi connectivity index (χ3v) is 9.24. The third-order valence-electron chi connectivity index (χ3n) is 9.24. The lowest BCUT2D eigenvalue weighted by atomic mass is 9.44. The first-order valence-electron chi connectivity index (χ1n) is 13.8. The van der Waals surface area contributed by atoms with Crippen LogP contribution in [-0.4, -0.2) is 0 Å². The lowest BCUT2D eigenvalue weighted by molar-refractivity contribution is -0.0256. The number of anilines is 2. The lowest BCUT2D eigenvalue weighted by Crippen LogP contribution is -2.52. The molecule has 0 radical (unpaired) electrons. The second-order valence-corrected chi connectivity index (χ2v) is 11.7. The van der Waals surface area contributed by atoms with Crippen LogP contribution in [0.4, 0.5) is 11.4 Å². The van der Waals surface area contributed by atoms with E-state index in [9.17, 15) is 0 Å². The van der Waals surface area contributed by atoms with Crippen LogP contribution in [0.3, 0.4) is 0 Å². The van der Waals surface area contributed by atoms with Crippen molar-refractivity contribution < 1.29 is 9.47 Å². The minimum atomic E-state index is 0.310. The van der Waals surface area contributed by atoms with Gasteiger partial charge in [-0.25, -0.2) is 0 Å². The molecule has 0 spiro atoms. The first-order valence-corrected chi connectivity index (χ1v) is 13.8. The van der Waals surface area contributed by atoms with Crippen molar-refractivity contribution in [1.82, 2.24) is 0 Å². The molecule has 0 aliphatic heterocycles. The van der Waals surface area contributed by atoms with Gasteiger partial charge in [-0.15, -0.1) is 0 Å². The Morgan fingerprint density at radius 3 is 1.42 bits per heavy atom. The first-order chi connectivity index (χ1) is 18.5. The molecule has 4 N–H and O–H groups in total. The standard InChI is InChI=1S/C34H34N2O2/c35-27-5-13-31(14-6-27)37-29-9-1-23(2-10-29)33-24-17-22-18-25(33)21-34(19-22,20-24)26-3-11-30(12-4-26)38-32-15-7-28(36)8-16-32/h1-16,22,24-25,33H,17-21,35-36H2/t22?,24-,25+,33?,34?. The number of hydrogen-bond donors (Lipinski definition) is 2. The number of hydrogen-bond acceptors (Lipinski definition) is 4. The van der Waals surface area contributed by atoms with Gasteiger partial charge >= 0.3 is 0 Å². The fraction of sp³-hybridized carbons (Fsp3) is 0.294. The zero-order valence-corrected chi connectivity index (χ0v) is 21.6. The highest BCUT2D eigenvalue weighted by Gasteiger charge is 2.56. The predicted octanol–water partition coefficient (Wildman–Crippen LogP) is 8.30. The van der Waals surface area contributed by atoms with Crippen LogP contribution in [0.1, 0.15) is 49.1 Å². The van der Waals surface area contributed by atoms with Gasteiger partial charge < -0.3 is 20.9 Å². The van der Waals surface area contributed by atoms with E-state index < -0.39 is 0 Å². The minimum absolute atomic E-state index is 0.310. The molecule has 4 saturated carbocycles. The summed E-state index contributed by atoms with van der Waals surface area (Å²) in [5.74, 6) is 6.37. The van der Waals surface area contributed by atoms with Gasteiger partial charge in [-0.1, -0.05) is 24.3 Å². The van der Waals surface area contributed by atoms with Gasteiger partial charge in [-0.2, -0.15) is 0 Å². The van der Waals surface area contributed by atoms with Crippen LogP contribution in [0.5, 0.6) is 23.0 Å². The molecule has 8 rings (SSSR count). The van der Waals surface area contributed by atoms with Crippen LogP contribution in [0, 0.1) is 17.8 Å². The summed E-state index contributed by atoms with van der Waals surface area (Å²) in [5, 5.41) is 0. The Morgan fingerprint density at radius 2 is 0.947 bits per heavy atom. The Hall–Kier alpha value is -3.92. The summed E-state index contributed by atoms with van der Waals surface area (Å²) < 4.78 is 12.1. The molecule has 0 amide bonds. The van der Waals surface area contributed by atoms with Crippen molar-refractivity contribution in [1.29, 1.82) is 0 Å². The largest absolute Gasteiger partial charge is 0.457 e. The predicted molar refractivity (Wildman–Crippen MR) is 153 cm³/mol. The zero-order valence-electron chi connectivity index (χ0n) is 21.6. The summed E-state index contributed by atoms with van der Waals surface area (Å²) in [4.78, 5) is 0. The van der Waals surface area contributed by atoms with Gasteiger partial charge in [-0.05, 0) is 145 Å². The summed E-state index contributed by atoms with van der Waals surface area (Å²) in [6.45, 7) is 0. The van der Waals surface area contributed by atoms with Crippen LogP contribution in [0.25, 0.3) is 0 Å². The average Bonchev–Trinajstić information content (AvgIpc) is 2.92. The number of nitrogens with two attached hydrogens (primary N) is 2. The second-order valence-electron chi connectivity index (χ2n) is 11.7. The van der Waals surface area contributed by atoms with E-state index in [1.165, 1.54) is 43.2 Å². The van der Waals surface area contributed by atoms with Crippen molar-refractivity contribution in [2.24, 2.45) is 17.8 Å². The molecule has 4 heteroatoms. The van der Waals surface area contributed by atoms with Gasteiger partial charge in [0, 0.05) is 11.4 Å². The van der Waals surface area contributed by atoms with Crippen LogP contribution >= 0.6 is 0 Å². The van der Waals surface area contributed by atoms with Gasteiger partial charge in [0.1, 0.15) is 23.0 Å². The Morgan fingerprint density at radius 1 is 0.526 bits per heavy atom. The van der Waals surface area contributed by atoms with Crippen LogP contribution in [-0.2, 0) is 5.41 Å². The minimum Gasteiger partial charge on any atom is -0.457 e. The van der Waals surface area contributed by atoms with Gasteiger partial charge in [0.25, 0.3) is 0 Å².